The van der Waals surface area contributed by atoms with E-state index in [2.05, 4.69) is 5.43 Å². The van der Waals surface area contributed by atoms with Gasteiger partial charge in [0, 0.05) is 0 Å². The Kier molecular flexibility index (Phi) is 6.93. The molecule has 1 fully saturated rings. The number of carbonyl (C=O) groups is 4. The maximum atomic E-state index is 12.9. The van der Waals surface area contributed by atoms with Crippen LogP contribution in [-0.4, -0.2) is 37.5 Å². The van der Waals surface area contributed by atoms with Crippen LogP contribution < -0.4 is 19.9 Å². The third kappa shape index (κ3) is 5.07. The van der Waals surface area contributed by atoms with Crippen LogP contribution in [0.3, 0.4) is 0 Å². The van der Waals surface area contributed by atoms with Crippen LogP contribution in [0.15, 0.2) is 65.6 Å². The molecule has 0 saturated carbocycles. The Morgan fingerprint density at radius 1 is 1.03 bits per heavy atom. The number of thiophene rings is 1. The van der Waals surface area contributed by atoms with Crippen molar-refractivity contribution < 1.29 is 33.4 Å². The van der Waals surface area contributed by atoms with Crippen molar-refractivity contribution in [1.82, 2.24) is 5.43 Å². The van der Waals surface area contributed by atoms with Crippen molar-refractivity contribution >= 4 is 46.9 Å². The molecule has 1 N–H and O–H groups in total. The van der Waals surface area contributed by atoms with Crippen molar-refractivity contribution in [2.45, 2.75) is 6.92 Å². The molecule has 1 aliphatic heterocycles. The van der Waals surface area contributed by atoms with Gasteiger partial charge in [-0.2, -0.15) is 0 Å². The van der Waals surface area contributed by atoms with E-state index in [0.717, 1.165) is 5.01 Å². The van der Waals surface area contributed by atoms with Gasteiger partial charge in [0.25, 0.3) is 11.8 Å². The number of ether oxygens (including phenoxy) is 3. The van der Waals surface area contributed by atoms with Gasteiger partial charge in [-0.05, 0) is 66.4 Å². The van der Waals surface area contributed by atoms with Crippen molar-refractivity contribution in [2.75, 3.05) is 18.7 Å². The number of benzene rings is 2. The van der Waals surface area contributed by atoms with E-state index in [1.54, 1.807) is 36.6 Å². The summed E-state index contributed by atoms with van der Waals surface area (Å²) in [5.41, 5.74) is 3.62. The second-order valence-corrected chi connectivity index (χ2v) is 8.13. The molecular weight excluding hydrogens is 472 g/mol. The summed E-state index contributed by atoms with van der Waals surface area (Å²) in [6, 6.07) is 14.2. The van der Waals surface area contributed by atoms with Crippen molar-refractivity contribution in [3.8, 4) is 11.5 Å². The summed E-state index contributed by atoms with van der Waals surface area (Å²) < 4.78 is 15.7. The molecule has 0 unspecified atom stereocenters. The molecule has 0 atom stereocenters. The average molecular weight is 493 g/mol. The first-order valence-corrected chi connectivity index (χ1v) is 11.4. The van der Waals surface area contributed by atoms with Crippen molar-refractivity contribution in [1.29, 1.82) is 0 Å². The summed E-state index contributed by atoms with van der Waals surface area (Å²) in [4.78, 5) is 50.0. The van der Waals surface area contributed by atoms with Gasteiger partial charge in [0.05, 0.1) is 25.0 Å². The van der Waals surface area contributed by atoms with Crippen LogP contribution in [0.4, 0.5) is 5.69 Å². The lowest BCUT2D eigenvalue weighted by molar-refractivity contribution is -0.117. The van der Waals surface area contributed by atoms with Gasteiger partial charge in [-0.1, -0.05) is 12.1 Å². The van der Waals surface area contributed by atoms with Gasteiger partial charge in [-0.25, -0.2) is 14.6 Å². The quantitative estimate of drug-likeness (QED) is 0.232. The summed E-state index contributed by atoms with van der Waals surface area (Å²) in [7, 11) is 1.42. The second-order valence-electron chi connectivity index (χ2n) is 7.18. The van der Waals surface area contributed by atoms with Gasteiger partial charge in [0.1, 0.15) is 10.5 Å². The Labute approximate surface area is 204 Å². The Bertz CT molecular complexity index is 1310. The number of anilines is 1. The lowest BCUT2D eigenvalue weighted by atomic mass is 10.1. The molecule has 0 spiro atoms. The molecule has 178 valence electrons. The monoisotopic (exact) mass is 492 g/mol. The van der Waals surface area contributed by atoms with Crippen LogP contribution in [0.2, 0.25) is 0 Å². The number of hydrogen-bond acceptors (Lipinski definition) is 8. The third-order valence-corrected chi connectivity index (χ3v) is 5.80. The summed E-state index contributed by atoms with van der Waals surface area (Å²) in [6.45, 7) is 1.96. The van der Waals surface area contributed by atoms with Crippen molar-refractivity contribution in [3.05, 3.63) is 81.6 Å². The molecule has 10 heteroatoms. The summed E-state index contributed by atoms with van der Waals surface area (Å²) in [6.07, 6.45) is 1.41. The smallest absolute Gasteiger partial charge is 0.353 e. The molecule has 3 aromatic rings. The van der Waals surface area contributed by atoms with Gasteiger partial charge in [0.15, 0.2) is 11.5 Å². The fourth-order valence-corrected chi connectivity index (χ4v) is 3.87. The normalized spacial score (nSPS) is 14.1. The zero-order valence-corrected chi connectivity index (χ0v) is 19.6. The Morgan fingerprint density at radius 3 is 2.46 bits per heavy atom. The standard InChI is InChI=1S/C25H20N2O7S/c1-3-33-24(30)16-7-9-17(10-8-16)27-23(29)18(22(28)26-27)13-15-6-11-19(20(14-15)32-2)34-25(31)21-5-4-12-35-21/h4-14H,3H2,1-2H3,(H,26,28). The number of hydrogen-bond donors (Lipinski definition) is 1. The van der Waals surface area contributed by atoms with Crippen LogP contribution in [-0.2, 0) is 14.3 Å². The topological polar surface area (TPSA) is 111 Å². The molecule has 0 aliphatic carbocycles. The lowest BCUT2D eigenvalue weighted by Gasteiger charge is -2.14. The van der Waals surface area contributed by atoms with Crippen molar-refractivity contribution in [2.24, 2.45) is 0 Å². The Balaban J connectivity index is 1.53. The predicted molar refractivity (Wildman–Crippen MR) is 128 cm³/mol. The predicted octanol–water partition coefficient (Wildman–Crippen LogP) is 3.61. The van der Waals surface area contributed by atoms with E-state index >= 15 is 0 Å². The van der Waals surface area contributed by atoms with Gasteiger partial charge in [-0.15, -0.1) is 11.3 Å². The minimum atomic E-state index is -0.586. The number of esters is 2. The molecule has 2 amide bonds. The van der Waals surface area contributed by atoms with E-state index in [9.17, 15) is 19.2 Å². The summed E-state index contributed by atoms with van der Waals surface area (Å²) >= 11 is 1.26. The molecule has 1 aliphatic rings. The number of methoxy groups -OCH3 is 1. The number of amides is 2. The highest BCUT2D eigenvalue weighted by molar-refractivity contribution is 7.12. The first-order valence-electron chi connectivity index (χ1n) is 10.5. The third-order valence-electron chi connectivity index (χ3n) is 4.95. The molecule has 0 radical (unpaired) electrons. The molecule has 4 rings (SSSR count). The van der Waals surface area contributed by atoms with Gasteiger partial charge in [-0.3, -0.25) is 15.0 Å². The number of nitrogens with zero attached hydrogens (tertiary/aromatic N) is 1. The number of rotatable bonds is 7. The fourth-order valence-electron chi connectivity index (χ4n) is 3.27. The van der Waals surface area contributed by atoms with Crippen LogP contribution >= 0.6 is 11.3 Å². The molecule has 1 aromatic heterocycles. The molecule has 9 nitrogen and oxygen atoms in total. The zero-order chi connectivity index (χ0) is 24.9. The molecular formula is C25H20N2O7S. The lowest BCUT2D eigenvalue weighted by Crippen LogP contribution is -2.35. The zero-order valence-electron chi connectivity index (χ0n) is 18.8. The minimum absolute atomic E-state index is 0.0927. The highest BCUT2D eigenvalue weighted by atomic mass is 32.1. The minimum Gasteiger partial charge on any atom is -0.493 e. The SMILES string of the molecule is CCOC(=O)c1ccc(N2NC(=O)C(=Cc3ccc(OC(=O)c4cccs4)c(OC)c3)C2=O)cc1. The van der Waals surface area contributed by atoms with E-state index in [0.29, 0.717) is 21.7 Å². The van der Waals surface area contributed by atoms with Crippen LogP contribution in [0.25, 0.3) is 6.08 Å². The second kappa shape index (κ2) is 10.2. The van der Waals surface area contributed by atoms with Crippen LogP contribution in [0.5, 0.6) is 11.5 Å². The molecule has 0 bridgehead atoms. The van der Waals surface area contributed by atoms with Crippen LogP contribution in [0, 0.1) is 0 Å². The number of nitrogens with one attached hydrogen (secondary N) is 1. The van der Waals surface area contributed by atoms with Gasteiger partial charge < -0.3 is 14.2 Å². The van der Waals surface area contributed by atoms with Crippen molar-refractivity contribution in [3.63, 3.8) is 0 Å². The Morgan fingerprint density at radius 2 is 1.80 bits per heavy atom. The van der Waals surface area contributed by atoms with Gasteiger partial charge in [0.2, 0.25) is 0 Å². The van der Waals surface area contributed by atoms with E-state index in [4.69, 9.17) is 14.2 Å². The van der Waals surface area contributed by atoms with E-state index < -0.39 is 23.8 Å². The fraction of sp³-hybridized carbons (Fsp3) is 0.120. The van der Waals surface area contributed by atoms with E-state index in [1.807, 2.05) is 0 Å². The first kappa shape index (κ1) is 23.7. The molecule has 1 saturated heterocycles. The van der Waals surface area contributed by atoms with E-state index in [-0.39, 0.29) is 23.7 Å². The molecule has 2 heterocycles. The van der Waals surface area contributed by atoms with Crippen LogP contribution in [0.1, 0.15) is 32.5 Å². The number of hydrazine groups is 1. The first-order chi connectivity index (χ1) is 16.9. The summed E-state index contributed by atoms with van der Waals surface area (Å²) in [5, 5.41) is 2.86. The largest absolute Gasteiger partial charge is 0.493 e. The Hall–Kier alpha value is -4.44. The maximum absolute atomic E-state index is 12.9. The molecule has 2 aromatic carbocycles. The number of carbonyl (C=O) groups excluding carboxylic acids is 4. The summed E-state index contributed by atoms with van der Waals surface area (Å²) in [5.74, 6) is -1.67. The highest BCUT2D eigenvalue weighted by Crippen LogP contribution is 2.31. The van der Waals surface area contributed by atoms with E-state index in [1.165, 1.54) is 54.9 Å². The average Bonchev–Trinajstić information content (AvgIpc) is 3.50. The maximum Gasteiger partial charge on any atom is 0.353 e. The van der Waals surface area contributed by atoms with Gasteiger partial charge >= 0.3 is 11.9 Å². The highest BCUT2D eigenvalue weighted by Gasteiger charge is 2.34. The molecule has 35 heavy (non-hydrogen) atoms.